The van der Waals surface area contributed by atoms with Gasteiger partial charge in [0.05, 0.1) is 35.6 Å². The molecule has 2 saturated carbocycles. The van der Waals surface area contributed by atoms with E-state index in [2.05, 4.69) is 5.32 Å². The first-order valence-electron chi connectivity index (χ1n) is 22.8. The molecule has 1 amide bonds. The molecule has 2 N–H and O–H groups in total. The van der Waals surface area contributed by atoms with Crippen LogP contribution in [0.2, 0.25) is 0 Å². The molecule has 2 aromatic rings. The van der Waals surface area contributed by atoms with Gasteiger partial charge in [-0.25, -0.2) is 14.4 Å². The summed E-state index contributed by atoms with van der Waals surface area (Å²) in [6.07, 6.45) is -7.47. The molecule has 16 heteroatoms. The molecule has 2 saturated heterocycles. The normalized spacial score (nSPS) is 33.6. The summed E-state index contributed by atoms with van der Waals surface area (Å²) in [6.45, 7) is 13.4. The van der Waals surface area contributed by atoms with E-state index >= 15 is 9.59 Å². The number of fused-ring (bicyclic) bond motifs is 5. The Morgan fingerprint density at radius 3 is 2.14 bits per heavy atom. The Morgan fingerprint density at radius 1 is 0.909 bits per heavy atom. The van der Waals surface area contributed by atoms with Crippen molar-refractivity contribution in [3.8, 4) is 0 Å². The molecule has 4 fully saturated rings. The van der Waals surface area contributed by atoms with Gasteiger partial charge in [-0.1, -0.05) is 62.4 Å². The van der Waals surface area contributed by atoms with Crippen molar-refractivity contribution in [1.82, 2.24) is 5.32 Å². The van der Waals surface area contributed by atoms with E-state index in [9.17, 15) is 19.5 Å². The SMILES string of the molecule is CO[C@H]1C(=O)[C@@]2(C)C([C@H](OC(=O)c3ccccc3)[C@]3(O)C[C@H](OC(=O)[C@H](OC4CCCCO4)[C@@H](NC(=O)OC(C)(C)C)c4ccccc4)C(C)=C1C3(C)C)[C@]1(OC(C)=O)CO[C@@H]1C[C@@H]2OC. The van der Waals surface area contributed by atoms with Crippen LogP contribution in [-0.2, 0) is 57.0 Å². The fourth-order valence-corrected chi connectivity index (χ4v) is 11.2. The van der Waals surface area contributed by atoms with Crippen molar-refractivity contribution in [2.75, 3.05) is 27.4 Å². The van der Waals surface area contributed by atoms with Crippen molar-refractivity contribution in [2.24, 2.45) is 16.7 Å². The highest BCUT2D eigenvalue weighted by Gasteiger charge is 2.78. The van der Waals surface area contributed by atoms with Crippen molar-refractivity contribution in [3.63, 3.8) is 0 Å². The average Bonchev–Trinajstić information content (AvgIpc) is 3.26. The molecule has 0 radical (unpaired) electrons. The van der Waals surface area contributed by atoms with Gasteiger partial charge < -0.3 is 53.1 Å². The van der Waals surface area contributed by atoms with E-state index < -0.39 is 112 Å². The number of alkyl carbamates (subject to hydrolysis) is 1. The number of amides is 1. The Morgan fingerprint density at radius 2 is 1.58 bits per heavy atom. The van der Waals surface area contributed by atoms with Gasteiger partial charge in [-0.15, -0.1) is 0 Å². The Hall–Kier alpha value is -4.71. The standard InChI is InChI=1S/C50H65NO15/c1-28-32(62-44(55)39(63-35-23-17-18-24-60-35)37(30-19-13-11-14-20-30)51-45(56)66-46(3,4)5)26-50(57)42(64-43(54)31-21-15-12-16-22-31)40-48(8,41(53)38(59-10)36(28)47(50,6)7)33(58-9)25-34-49(40,27-61-34)65-29(2)52/h11-16,19-22,32-35,37-40,42,57H,17-18,23-27H2,1-10H3,(H,51,56)/t32-,33-,34+,35?,37-,38+,39+,40?,42-,48+,49-,50+/m0/s1. The summed E-state index contributed by atoms with van der Waals surface area (Å²) in [5.41, 5.74) is -6.44. The first-order chi connectivity index (χ1) is 31.1. The Kier molecular flexibility index (Phi) is 14.0. The summed E-state index contributed by atoms with van der Waals surface area (Å²) in [5.74, 6) is -4.21. The molecule has 360 valence electrons. The van der Waals surface area contributed by atoms with Gasteiger partial charge in [0.1, 0.15) is 35.6 Å². The van der Waals surface area contributed by atoms with Gasteiger partial charge in [0.15, 0.2) is 23.8 Å². The number of Topliss-reactive ketones (excluding diaryl/α,β-unsaturated/α-hetero) is 1. The Labute approximate surface area is 386 Å². The first-order valence-corrected chi connectivity index (χ1v) is 22.8. The maximum Gasteiger partial charge on any atom is 0.408 e. The van der Waals surface area contributed by atoms with Crippen LogP contribution in [0.5, 0.6) is 0 Å². The van der Waals surface area contributed by atoms with E-state index in [-0.39, 0.29) is 25.0 Å². The zero-order valence-electron chi connectivity index (χ0n) is 39.6. The highest BCUT2D eigenvalue weighted by Crippen LogP contribution is 2.65. The number of rotatable bonds is 12. The number of hydrogen-bond acceptors (Lipinski definition) is 15. The van der Waals surface area contributed by atoms with Crippen LogP contribution in [0, 0.1) is 16.7 Å². The summed E-state index contributed by atoms with van der Waals surface area (Å²) >= 11 is 0. The predicted octanol–water partition coefficient (Wildman–Crippen LogP) is 6.12. The van der Waals surface area contributed by atoms with Gasteiger partial charge in [0.2, 0.25) is 0 Å². The predicted molar refractivity (Wildman–Crippen MR) is 236 cm³/mol. The molecule has 2 heterocycles. The zero-order valence-corrected chi connectivity index (χ0v) is 39.6. The van der Waals surface area contributed by atoms with Crippen LogP contribution in [-0.4, -0.2) is 122 Å². The molecule has 3 aliphatic carbocycles. The van der Waals surface area contributed by atoms with Gasteiger partial charge in [-0.3, -0.25) is 9.59 Å². The van der Waals surface area contributed by atoms with Crippen LogP contribution >= 0.6 is 0 Å². The quantitative estimate of drug-likeness (QED) is 0.140. The van der Waals surface area contributed by atoms with E-state index in [0.29, 0.717) is 29.7 Å². The van der Waals surface area contributed by atoms with Crippen molar-refractivity contribution in [2.45, 2.75) is 153 Å². The monoisotopic (exact) mass is 919 g/mol. The minimum atomic E-state index is -2.21. The van der Waals surface area contributed by atoms with Crippen LogP contribution in [0.1, 0.15) is 109 Å². The van der Waals surface area contributed by atoms with Gasteiger partial charge in [-0.05, 0) is 82.7 Å². The first kappa shape index (κ1) is 49.2. The number of ether oxygens (including phenoxy) is 9. The van der Waals surface area contributed by atoms with Gasteiger partial charge in [0, 0.05) is 46.0 Å². The lowest BCUT2D eigenvalue weighted by Gasteiger charge is -2.67. The maximum absolute atomic E-state index is 15.8. The molecule has 7 rings (SSSR count). The summed E-state index contributed by atoms with van der Waals surface area (Å²) < 4.78 is 55.9. The molecule has 16 nitrogen and oxygen atoms in total. The van der Waals surface area contributed by atoms with Crippen molar-refractivity contribution in [1.29, 1.82) is 0 Å². The largest absolute Gasteiger partial charge is 0.456 e. The number of benzene rings is 2. The minimum Gasteiger partial charge on any atom is -0.456 e. The van der Waals surface area contributed by atoms with E-state index in [0.717, 1.165) is 12.8 Å². The highest BCUT2D eigenvalue weighted by molar-refractivity contribution is 5.94. The molecule has 2 aliphatic heterocycles. The molecule has 2 aromatic carbocycles. The number of carbonyl (C=O) groups excluding carboxylic acids is 5. The number of hydrogen-bond donors (Lipinski definition) is 2. The second kappa shape index (κ2) is 18.8. The zero-order chi connectivity index (χ0) is 48.0. The highest BCUT2D eigenvalue weighted by atomic mass is 16.7. The molecule has 2 bridgehead atoms. The number of esters is 3. The van der Waals surface area contributed by atoms with Gasteiger partial charge >= 0.3 is 24.0 Å². The molecular formula is C50H65NO15. The van der Waals surface area contributed by atoms with E-state index in [1.54, 1.807) is 109 Å². The van der Waals surface area contributed by atoms with Crippen molar-refractivity contribution >= 4 is 29.8 Å². The van der Waals surface area contributed by atoms with E-state index in [4.69, 9.17) is 42.6 Å². The molecule has 5 aliphatic rings. The second-order valence-electron chi connectivity index (χ2n) is 19.9. The lowest BCUT2D eigenvalue weighted by Crippen LogP contribution is -2.82. The van der Waals surface area contributed by atoms with Gasteiger partial charge in [-0.2, -0.15) is 0 Å². The number of aliphatic hydroxyl groups is 1. The average molecular weight is 920 g/mol. The summed E-state index contributed by atoms with van der Waals surface area (Å²) in [5, 5.41) is 16.8. The summed E-state index contributed by atoms with van der Waals surface area (Å²) in [4.78, 5) is 72.1. The maximum atomic E-state index is 15.8. The van der Waals surface area contributed by atoms with Crippen LogP contribution in [0.15, 0.2) is 71.8 Å². The number of nitrogens with one attached hydrogen (secondary N) is 1. The lowest BCUT2D eigenvalue weighted by molar-refractivity contribution is -0.347. The van der Waals surface area contributed by atoms with Gasteiger partial charge in [0.25, 0.3) is 0 Å². The Balaban J connectivity index is 1.40. The number of ketones is 1. The van der Waals surface area contributed by atoms with Crippen LogP contribution in [0.25, 0.3) is 0 Å². The van der Waals surface area contributed by atoms with Crippen molar-refractivity contribution in [3.05, 3.63) is 82.9 Å². The topological polar surface area (TPSA) is 201 Å². The smallest absolute Gasteiger partial charge is 0.408 e. The molecular weight excluding hydrogens is 855 g/mol. The third-order valence-corrected chi connectivity index (χ3v) is 14.4. The third kappa shape index (κ3) is 8.80. The van der Waals surface area contributed by atoms with Crippen molar-refractivity contribution < 1.29 is 71.7 Å². The fraction of sp³-hybridized carbons (Fsp3) is 0.620. The van der Waals surface area contributed by atoms with Crippen LogP contribution in [0.4, 0.5) is 4.79 Å². The second-order valence-corrected chi connectivity index (χ2v) is 19.9. The third-order valence-electron chi connectivity index (χ3n) is 14.4. The molecule has 0 spiro atoms. The number of methoxy groups -OCH3 is 2. The minimum absolute atomic E-state index is 0.129. The lowest BCUT2D eigenvalue weighted by atomic mass is 9.44. The van der Waals surface area contributed by atoms with Crippen LogP contribution < -0.4 is 5.32 Å². The Bertz CT molecular complexity index is 2170. The molecule has 66 heavy (non-hydrogen) atoms. The summed E-state index contributed by atoms with van der Waals surface area (Å²) in [6, 6.07) is 15.8. The van der Waals surface area contributed by atoms with E-state index in [1.807, 2.05) is 0 Å². The molecule has 0 aromatic heterocycles. The molecule has 2 unspecified atom stereocenters. The summed E-state index contributed by atoms with van der Waals surface area (Å²) in [7, 11) is 2.84. The van der Waals surface area contributed by atoms with Crippen LogP contribution in [0.3, 0.4) is 0 Å². The van der Waals surface area contributed by atoms with E-state index in [1.165, 1.54) is 21.1 Å². The fourth-order valence-electron chi connectivity index (χ4n) is 11.2. The molecule has 12 atom stereocenters. The number of carbonyl (C=O) groups is 5.